The Morgan fingerprint density at radius 3 is 3.12 bits per heavy atom. The van der Waals surface area contributed by atoms with E-state index in [4.69, 9.17) is 9.26 Å². The summed E-state index contributed by atoms with van der Waals surface area (Å²) in [5.74, 6) is 0.845. The first kappa shape index (κ1) is 16.4. The van der Waals surface area contributed by atoms with Crippen molar-refractivity contribution in [3.05, 3.63) is 47.1 Å². The fourth-order valence-electron chi connectivity index (χ4n) is 2.90. The molecule has 2 atom stereocenters. The van der Waals surface area contributed by atoms with Crippen molar-refractivity contribution in [2.24, 2.45) is 0 Å². The predicted molar refractivity (Wildman–Crippen MR) is 87.2 cm³/mol. The van der Waals surface area contributed by atoms with Crippen molar-refractivity contribution >= 4 is 6.03 Å². The van der Waals surface area contributed by atoms with E-state index in [1.807, 2.05) is 26.0 Å². The van der Waals surface area contributed by atoms with Gasteiger partial charge in [-0.2, -0.15) is 4.98 Å². The molecule has 7 heteroatoms. The molecule has 2 unspecified atom stereocenters. The van der Waals surface area contributed by atoms with Gasteiger partial charge in [0, 0.05) is 6.61 Å². The number of hydrogen-bond donors (Lipinski definition) is 2. The minimum atomic E-state index is -0.241. The van der Waals surface area contributed by atoms with E-state index in [0.29, 0.717) is 18.3 Å². The Morgan fingerprint density at radius 1 is 1.46 bits per heavy atom. The van der Waals surface area contributed by atoms with Crippen LogP contribution in [0.15, 0.2) is 28.8 Å². The summed E-state index contributed by atoms with van der Waals surface area (Å²) in [7, 11) is 0. The van der Waals surface area contributed by atoms with E-state index >= 15 is 0 Å². The topological polar surface area (TPSA) is 89.3 Å². The lowest BCUT2D eigenvalue weighted by Crippen LogP contribution is -2.37. The number of nitrogens with one attached hydrogen (secondary N) is 2. The van der Waals surface area contributed by atoms with Crippen molar-refractivity contribution in [1.29, 1.82) is 0 Å². The van der Waals surface area contributed by atoms with Crippen molar-refractivity contribution < 1.29 is 14.1 Å². The van der Waals surface area contributed by atoms with Gasteiger partial charge in [0.1, 0.15) is 6.10 Å². The zero-order valence-electron chi connectivity index (χ0n) is 13.9. The van der Waals surface area contributed by atoms with E-state index in [1.165, 1.54) is 11.1 Å². The molecule has 24 heavy (non-hydrogen) atoms. The Morgan fingerprint density at radius 2 is 2.29 bits per heavy atom. The molecule has 128 valence electrons. The first-order valence-electron chi connectivity index (χ1n) is 8.23. The van der Waals surface area contributed by atoms with Crippen molar-refractivity contribution in [1.82, 2.24) is 20.8 Å². The summed E-state index contributed by atoms with van der Waals surface area (Å²) in [4.78, 5) is 16.3. The highest BCUT2D eigenvalue weighted by Gasteiger charge is 2.23. The smallest absolute Gasteiger partial charge is 0.315 e. The van der Waals surface area contributed by atoms with Crippen molar-refractivity contribution in [2.45, 2.75) is 45.4 Å². The van der Waals surface area contributed by atoms with Gasteiger partial charge in [-0.3, -0.25) is 0 Å². The lowest BCUT2D eigenvalue weighted by Gasteiger charge is -2.14. The molecule has 0 saturated carbocycles. The van der Waals surface area contributed by atoms with Crippen LogP contribution in [0, 0.1) is 0 Å². The summed E-state index contributed by atoms with van der Waals surface area (Å²) in [6.45, 7) is 4.53. The summed E-state index contributed by atoms with van der Waals surface area (Å²) in [6, 6.07) is 8.00. The molecule has 1 aromatic heterocycles. The molecule has 1 aromatic carbocycles. The second kappa shape index (κ2) is 7.44. The third-order valence-electron chi connectivity index (χ3n) is 4.10. The van der Waals surface area contributed by atoms with Gasteiger partial charge in [0.25, 0.3) is 0 Å². The van der Waals surface area contributed by atoms with Crippen LogP contribution in [0.5, 0.6) is 0 Å². The summed E-state index contributed by atoms with van der Waals surface area (Å²) < 4.78 is 10.5. The van der Waals surface area contributed by atoms with Gasteiger partial charge in [0.15, 0.2) is 5.82 Å². The average molecular weight is 330 g/mol. The van der Waals surface area contributed by atoms with Crippen LogP contribution in [0.4, 0.5) is 4.79 Å². The number of hydrogen-bond acceptors (Lipinski definition) is 5. The highest BCUT2D eigenvalue weighted by molar-refractivity contribution is 5.74. The normalized spacial score (nSPS) is 17.3. The number of aromatic nitrogens is 2. The van der Waals surface area contributed by atoms with Gasteiger partial charge in [0.2, 0.25) is 5.89 Å². The van der Waals surface area contributed by atoms with Gasteiger partial charge in [-0.15, -0.1) is 0 Å². The minimum Gasteiger partial charge on any atom is -0.371 e. The fraction of sp³-hybridized carbons (Fsp3) is 0.471. The van der Waals surface area contributed by atoms with E-state index in [2.05, 4.69) is 32.9 Å². The first-order chi connectivity index (χ1) is 11.7. The third kappa shape index (κ3) is 3.73. The quantitative estimate of drug-likeness (QED) is 0.850. The minimum absolute atomic E-state index is 0.0532. The van der Waals surface area contributed by atoms with E-state index in [1.54, 1.807) is 0 Å². The molecule has 2 N–H and O–H groups in total. The van der Waals surface area contributed by atoms with Crippen LogP contribution in [0.25, 0.3) is 0 Å². The monoisotopic (exact) mass is 330 g/mol. The van der Waals surface area contributed by atoms with Crippen LogP contribution in [-0.2, 0) is 17.7 Å². The number of urea groups is 1. The van der Waals surface area contributed by atoms with Gasteiger partial charge >= 0.3 is 6.03 Å². The van der Waals surface area contributed by atoms with E-state index in [-0.39, 0.29) is 24.7 Å². The summed E-state index contributed by atoms with van der Waals surface area (Å²) >= 11 is 0. The highest BCUT2D eigenvalue weighted by atomic mass is 16.5. The van der Waals surface area contributed by atoms with Crippen LogP contribution < -0.4 is 10.6 Å². The predicted octanol–water partition coefficient (Wildman–Crippen LogP) is 2.65. The Labute approximate surface area is 140 Å². The maximum atomic E-state index is 12.1. The molecule has 1 aliphatic rings. The Kier molecular flexibility index (Phi) is 5.10. The van der Waals surface area contributed by atoms with Gasteiger partial charge < -0.3 is 19.9 Å². The molecule has 1 aliphatic carbocycles. The van der Waals surface area contributed by atoms with Crippen LogP contribution in [0.3, 0.4) is 0 Å². The number of amides is 2. The van der Waals surface area contributed by atoms with Gasteiger partial charge in [-0.25, -0.2) is 4.79 Å². The zero-order chi connectivity index (χ0) is 16.9. The Bertz CT molecular complexity index is 701. The van der Waals surface area contributed by atoms with Gasteiger partial charge in [-0.1, -0.05) is 29.4 Å². The molecular weight excluding hydrogens is 308 g/mol. The Balaban J connectivity index is 1.50. The molecule has 1 heterocycles. The number of benzene rings is 1. The molecule has 0 spiro atoms. The number of rotatable bonds is 6. The molecule has 2 aromatic rings. The lowest BCUT2D eigenvalue weighted by molar-refractivity contribution is 0.0683. The summed E-state index contributed by atoms with van der Waals surface area (Å²) in [6.07, 6.45) is 1.68. The molecule has 0 bridgehead atoms. The standard InChI is InChI=1S/C17H22N4O3/c1-3-23-11(2)16-20-15(24-21-16)10-18-17(22)19-14-9-8-12-6-4-5-7-13(12)14/h4-7,11,14H,3,8-10H2,1-2H3,(H2,18,19,22). The molecule has 0 radical (unpaired) electrons. The molecular formula is C17H22N4O3. The molecule has 7 nitrogen and oxygen atoms in total. The van der Waals surface area contributed by atoms with Crippen LogP contribution in [0.2, 0.25) is 0 Å². The van der Waals surface area contributed by atoms with Crippen LogP contribution >= 0.6 is 0 Å². The van der Waals surface area contributed by atoms with Gasteiger partial charge in [0.05, 0.1) is 12.6 Å². The molecule has 3 rings (SSSR count). The van der Waals surface area contributed by atoms with E-state index < -0.39 is 0 Å². The molecule has 0 aliphatic heterocycles. The number of carbonyl (C=O) groups is 1. The second-order valence-electron chi connectivity index (χ2n) is 5.76. The summed E-state index contributed by atoms with van der Waals surface area (Å²) in [5, 5.41) is 9.61. The van der Waals surface area contributed by atoms with Crippen LogP contribution in [-0.4, -0.2) is 22.8 Å². The average Bonchev–Trinajstić information content (AvgIpc) is 3.21. The van der Waals surface area contributed by atoms with E-state index in [0.717, 1.165) is 12.8 Å². The summed E-state index contributed by atoms with van der Waals surface area (Å²) in [5.41, 5.74) is 2.49. The van der Waals surface area contributed by atoms with Crippen molar-refractivity contribution in [3.63, 3.8) is 0 Å². The SMILES string of the molecule is CCOC(C)c1noc(CNC(=O)NC2CCc3ccccc32)n1. The number of fused-ring (bicyclic) bond motifs is 1. The number of aryl methyl sites for hydroxylation is 1. The maximum absolute atomic E-state index is 12.1. The van der Waals surface area contributed by atoms with E-state index in [9.17, 15) is 4.79 Å². The number of nitrogens with zero attached hydrogens (tertiary/aromatic N) is 2. The van der Waals surface area contributed by atoms with Gasteiger partial charge in [-0.05, 0) is 37.8 Å². The van der Waals surface area contributed by atoms with Crippen LogP contribution in [0.1, 0.15) is 55.3 Å². The largest absolute Gasteiger partial charge is 0.371 e. The lowest BCUT2D eigenvalue weighted by atomic mass is 10.1. The number of carbonyl (C=O) groups excluding carboxylic acids is 1. The molecule has 0 saturated heterocycles. The fourth-order valence-corrected chi connectivity index (χ4v) is 2.90. The second-order valence-corrected chi connectivity index (χ2v) is 5.76. The Hall–Kier alpha value is -2.41. The number of ether oxygens (including phenoxy) is 1. The zero-order valence-corrected chi connectivity index (χ0v) is 13.9. The highest BCUT2D eigenvalue weighted by Crippen LogP contribution is 2.30. The maximum Gasteiger partial charge on any atom is 0.315 e. The van der Waals surface area contributed by atoms with Crippen molar-refractivity contribution in [2.75, 3.05) is 6.61 Å². The molecule has 0 fully saturated rings. The van der Waals surface area contributed by atoms with Crippen molar-refractivity contribution in [3.8, 4) is 0 Å². The molecule has 2 amide bonds. The third-order valence-corrected chi connectivity index (χ3v) is 4.10. The first-order valence-corrected chi connectivity index (χ1v) is 8.23.